The number of halogens is 1. The van der Waals surface area contributed by atoms with E-state index >= 15 is 0 Å². The molecule has 2 heterocycles. The highest BCUT2D eigenvalue weighted by Crippen LogP contribution is 2.23. The van der Waals surface area contributed by atoms with Gasteiger partial charge in [0, 0.05) is 19.1 Å². The van der Waals surface area contributed by atoms with E-state index in [-0.39, 0.29) is 17.8 Å². The number of likely N-dealkylation sites (tertiary alicyclic amines) is 1. The Labute approximate surface area is 147 Å². The van der Waals surface area contributed by atoms with Gasteiger partial charge in [-0.05, 0) is 30.5 Å². The molecule has 3 rings (SSSR count). The average molecular weight is 342 g/mol. The van der Waals surface area contributed by atoms with Gasteiger partial charge in [-0.2, -0.15) is 0 Å². The van der Waals surface area contributed by atoms with E-state index in [1.807, 2.05) is 30.3 Å². The molecule has 1 aliphatic heterocycles. The summed E-state index contributed by atoms with van der Waals surface area (Å²) in [5.74, 6) is -0.626. The van der Waals surface area contributed by atoms with Crippen LogP contribution in [0.25, 0.3) is 0 Å². The zero-order chi connectivity index (χ0) is 17.6. The van der Waals surface area contributed by atoms with Crippen LogP contribution >= 0.6 is 0 Å². The van der Waals surface area contributed by atoms with Crippen LogP contribution in [0.5, 0.6) is 0 Å². The maximum absolute atomic E-state index is 13.2. The van der Waals surface area contributed by atoms with E-state index in [1.54, 1.807) is 6.07 Å². The average Bonchev–Trinajstić information content (AvgIpc) is 2.62. The number of amides is 1. The summed E-state index contributed by atoms with van der Waals surface area (Å²) >= 11 is 0. The number of rotatable bonds is 6. The van der Waals surface area contributed by atoms with Gasteiger partial charge in [0.2, 0.25) is 5.91 Å². The van der Waals surface area contributed by atoms with E-state index < -0.39 is 0 Å². The Kier molecular flexibility index (Phi) is 5.73. The number of hydrogen-bond donors (Lipinski definition) is 2. The normalized spacial score (nSPS) is 17.3. The van der Waals surface area contributed by atoms with Gasteiger partial charge in [-0.15, -0.1) is 0 Å². The van der Waals surface area contributed by atoms with Crippen molar-refractivity contribution >= 4 is 5.91 Å². The maximum Gasteiger partial charge on any atom is 0.231 e. The van der Waals surface area contributed by atoms with Gasteiger partial charge >= 0.3 is 0 Å². The molecule has 3 N–H and O–H groups in total. The first-order chi connectivity index (χ1) is 12.1. The van der Waals surface area contributed by atoms with Crippen molar-refractivity contribution in [2.75, 3.05) is 19.6 Å². The monoisotopic (exact) mass is 342 g/mol. The molecule has 1 aromatic carbocycles. The summed E-state index contributed by atoms with van der Waals surface area (Å²) in [6, 6.07) is 13.4. The van der Waals surface area contributed by atoms with Crippen molar-refractivity contribution in [1.29, 1.82) is 0 Å². The first-order valence-electron chi connectivity index (χ1n) is 8.55. The molecule has 1 aromatic heterocycles. The van der Waals surface area contributed by atoms with Crippen LogP contribution in [0.15, 0.2) is 48.7 Å². The first kappa shape index (κ1) is 17.5. The number of aromatic nitrogens is 1. The van der Waals surface area contributed by atoms with Gasteiger partial charge in [0.25, 0.3) is 0 Å². The quantitative estimate of drug-likeness (QED) is 0.840. The van der Waals surface area contributed by atoms with E-state index in [0.717, 1.165) is 37.2 Å². The molecule has 1 aliphatic rings. The lowest BCUT2D eigenvalue weighted by molar-refractivity contribution is -0.119. The van der Waals surface area contributed by atoms with E-state index in [1.165, 1.54) is 12.3 Å². The molecule has 1 fully saturated rings. The number of piperidine rings is 1. The molecule has 1 saturated heterocycles. The molecular formula is C19H23FN4O. The van der Waals surface area contributed by atoms with Crippen LogP contribution in [-0.4, -0.2) is 41.5 Å². The van der Waals surface area contributed by atoms with Gasteiger partial charge < -0.3 is 11.1 Å². The fourth-order valence-corrected chi connectivity index (χ4v) is 3.27. The van der Waals surface area contributed by atoms with Crippen LogP contribution in [-0.2, 0) is 4.79 Å². The molecular weight excluding hydrogens is 319 g/mol. The number of nitrogens with one attached hydrogen (secondary N) is 1. The van der Waals surface area contributed by atoms with Crippen molar-refractivity contribution in [3.63, 3.8) is 0 Å². The number of benzene rings is 1. The van der Waals surface area contributed by atoms with Crippen molar-refractivity contribution in [1.82, 2.24) is 15.2 Å². The highest BCUT2D eigenvalue weighted by Gasteiger charge is 2.24. The first-order valence-corrected chi connectivity index (χ1v) is 8.55. The molecule has 5 nitrogen and oxygen atoms in total. The van der Waals surface area contributed by atoms with Crippen molar-refractivity contribution in [3.8, 4) is 0 Å². The van der Waals surface area contributed by atoms with Gasteiger partial charge in [0.15, 0.2) is 0 Å². The number of nitrogens with zero attached hydrogens (tertiary/aromatic N) is 2. The van der Waals surface area contributed by atoms with Crippen molar-refractivity contribution in [3.05, 3.63) is 65.7 Å². The fraction of sp³-hybridized carbons (Fsp3) is 0.368. The second kappa shape index (κ2) is 8.18. The summed E-state index contributed by atoms with van der Waals surface area (Å²) in [4.78, 5) is 17.4. The highest BCUT2D eigenvalue weighted by atomic mass is 19.1. The van der Waals surface area contributed by atoms with E-state index in [4.69, 9.17) is 5.73 Å². The number of carbonyl (C=O) groups excluding carboxylic acids is 1. The lowest BCUT2D eigenvalue weighted by Gasteiger charge is -2.34. The second-order valence-electron chi connectivity index (χ2n) is 6.43. The molecule has 0 aliphatic carbocycles. The van der Waals surface area contributed by atoms with Crippen LogP contribution in [0.3, 0.4) is 0 Å². The summed E-state index contributed by atoms with van der Waals surface area (Å²) in [5, 5.41) is 3.65. The Balaban J connectivity index is 1.71. The highest BCUT2D eigenvalue weighted by molar-refractivity contribution is 5.75. The van der Waals surface area contributed by atoms with Crippen molar-refractivity contribution in [2.24, 2.45) is 5.73 Å². The molecule has 6 heteroatoms. The molecule has 0 saturated carbocycles. The predicted molar refractivity (Wildman–Crippen MR) is 94.3 cm³/mol. The molecule has 132 valence electrons. The topological polar surface area (TPSA) is 71.2 Å². The minimum absolute atomic E-state index is 0.0884. The lowest BCUT2D eigenvalue weighted by Crippen LogP contribution is -2.46. The Morgan fingerprint density at radius 1 is 1.24 bits per heavy atom. The summed E-state index contributed by atoms with van der Waals surface area (Å²) in [6.07, 6.45) is 3.11. The molecule has 0 bridgehead atoms. The lowest BCUT2D eigenvalue weighted by atomic mass is 9.98. The number of nitrogens with two attached hydrogens (primary N) is 1. The molecule has 2 aromatic rings. The molecule has 1 amide bonds. The van der Waals surface area contributed by atoms with Gasteiger partial charge in [-0.1, -0.05) is 30.3 Å². The van der Waals surface area contributed by atoms with Crippen LogP contribution in [0.1, 0.15) is 30.1 Å². The van der Waals surface area contributed by atoms with Gasteiger partial charge in [0.05, 0.1) is 24.5 Å². The van der Waals surface area contributed by atoms with Crippen LogP contribution in [0, 0.1) is 5.82 Å². The number of carbonyl (C=O) groups is 1. The third kappa shape index (κ3) is 4.84. The Morgan fingerprint density at radius 2 is 1.96 bits per heavy atom. The van der Waals surface area contributed by atoms with Gasteiger partial charge in [-0.25, -0.2) is 4.39 Å². The van der Waals surface area contributed by atoms with Gasteiger partial charge in [-0.3, -0.25) is 14.7 Å². The van der Waals surface area contributed by atoms with Crippen LogP contribution in [0.2, 0.25) is 0 Å². The van der Waals surface area contributed by atoms with Gasteiger partial charge in [0.1, 0.15) is 5.82 Å². The maximum atomic E-state index is 13.2. The predicted octanol–water partition coefficient (Wildman–Crippen LogP) is 1.85. The smallest absolute Gasteiger partial charge is 0.231 e. The van der Waals surface area contributed by atoms with E-state index in [0.29, 0.717) is 12.6 Å². The molecule has 25 heavy (non-hydrogen) atoms. The zero-order valence-corrected chi connectivity index (χ0v) is 14.1. The van der Waals surface area contributed by atoms with Crippen LogP contribution in [0.4, 0.5) is 4.39 Å². The Bertz CT molecular complexity index is 684. The third-order valence-electron chi connectivity index (χ3n) is 4.55. The minimum Gasteiger partial charge on any atom is -0.369 e. The largest absolute Gasteiger partial charge is 0.369 e. The summed E-state index contributed by atoms with van der Waals surface area (Å²) < 4.78 is 13.2. The molecule has 1 unspecified atom stereocenters. The Morgan fingerprint density at radius 3 is 2.56 bits per heavy atom. The number of primary amides is 1. The number of pyridine rings is 1. The van der Waals surface area contributed by atoms with Crippen LogP contribution < -0.4 is 11.1 Å². The molecule has 0 radical (unpaired) electrons. The van der Waals surface area contributed by atoms with E-state index in [9.17, 15) is 9.18 Å². The minimum atomic E-state index is -0.338. The van der Waals surface area contributed by atoms with Crippen molar-refractivity contribution in [2.45, 2.75) is 24.9 Å². The standard InChI is InChI=1S/C19H23FN4O/c20-15-6-7-17(22-12-15)19(14-4-2-1-3-5-14)23-16-8-10-24(11-9-16)13-18(21)25/h1-7,12,16,19,23H,8-11,13H2,(H2,21,25). The number of hydrogen-bond acceptors (Lipinski definition) is 4. The second-order valence-corrected chi connectivity index (χ2v) is 6.43. The SMILES string of the molecule is NC(=O)CN1CCC(NC(c2ccccc2)c2ccc(F)cn2)CC1. The van der Waals surface area contributed by atoms with Crippen molar-refractivity contribution < 1.29 is 9.18 Å². The van der Waals surface area contributed by atoms with E-state index in [2.05, 4.69) is 15.2 Å². The summed E-state index contributed by atoms with van der Waals surface area (Å²) in [6.45, 7) is 1.98. The summed E-state index contributed by atoms with van der Waals surface area (Å²) in [5.41, 5.74) is 7.16. The Hall–Kier alpha value is -2.31. The third-order valence-corrected chi connectivity index (χ3v) is 4.55. The zero-order valence-electron chi connectivity index (χ0n) is 14.1. The summed E-state index contributed by atoms with van der Waals surface area (Å²) in [7, 11) is 0. The molecule has 1 atom stereocenters. The fourth-order valence-electron chi connectivity index (χ4n) is 3.27. The molecule has 0 spiro atoms.